The van der Waals surface area contributed by atoms with Gasteiger partial charge in [-0.3, -0.25) is 9.78 Å². The average Bonchev–Trinajstić information content (AvgIpc) is 1.94. The van der Waals surface area contributed by atoms with Crippen molar-refractivity contribution >= 4 is 17.9 Å². The minimum Gasteiger partial charge on any atom is -0.296 e. The molecule has 1 rings (SSSR count). The third-order valence-electron chi connectivity index (χ3n) is 1.07. The van der Waals surface area contributed by atoms with E-state index in [1.807, 2.05) is 0 Å². The zero-order valence-electron chi connectivity index (χ0n) is 5.34. The summed E-state index contributed by atoms with van der Waals surface area (Å²) in [5.74, 6) is 0. The zero-order valence-corrected chi connectivity index (χ0v) is 6.09. The van der Waals surface area contributed by atoms with Gasteiger partial charge < -0.3 is 0 Å². The molecule has 1 aromatic heterocycles. The van der Waals surface area contributed by atoms with Gasteiger partial charge >= 0.3 is 0 Å². The fraction of sp³-hybridized carbons (Fsp3) is 0.167. The van der Waals surface area contributed by atoms with Gasteiger partial charge in [0.2, 0.25) is 0 Å². The van der Waals surface area contributed by atoms with E-state index >= 15 is 0 Å². The van der Waals surface area contributed by atoms with Crippen LogP contribution in [0.1, 0.15) is 16.2 Å². The number of aldehydes is 1. The fourth-order valence-corrected chi connectivity index (χ4v) is 0.693. The van der Waals surface area contributed by atoms with Crippen molar-refractivity contribution in [3.63, 3.8) is 0 Å². The Bertz CT molecular complexity index is 262. The molecule has 52 valence electrons. The van der Waals surface area contributed by atoms with E-state index in [0.29, 0.717) is 17.7 Å². The molecule has 3 nitrogen and oxygen atoms in total. The third kappa shape index (κ3) is 1.30. The zero-order chi connectivity index (χ0) is 7.56. The molecule has 0 fully saturated rings. The summed E-state index contributed by atoms with van der Waals surface area (Å²) in [6, 6.07) is 0. The lowest BCUT2D eigenvalue weighted by molar-refractivity contribution is 0.111. The first-order valence-corrected chi connectivity index (χ1v) is 3.06. The second-order valence-electron chi connectivity index (χ2n) is 1.78. The second-order valence-corrected chi connectivity index (χ2v) is 2.17. The number of hydrogen-bond donors (Lipinski definition) is 0. The van der Waals surface area contributed by atoms with Crippen molar-refractivity contribution in [3.05, 3.63) is 22.7 Å². The van der Waals surface area contributed by atoms with Crippen molar-refractivity contribution in [2.24, 2.45) is 0 Å². The number of rotatable bonds is 1. The molecule has 10 heavy (non-hydrogen) atoms. The Morgan fingerprint density at radius 2 is 2.40 bits per heavy atom. The lowest BCUT2D eigenvalue weighted by Gasteiger charge is -1.94. The van der Waals surface area contributed by atoms with E-state index in [1.54, 1.807) is 6.92 Å². The standard InChI is InChI=1S/C6H5ClN2O/c1-4-5(3-10)9-6(7)2-8-4/h2-3H,1H3. The molecule has 0 spiro atoms. The Balaban J connectivity index is 3.21. The minimum atomic E-state index is 0.243. The summed E-state index contributed by atoms with van der Waals surface area (Å²) in [6.45, 7) is 1.70. The van der Waals surface area contributed by atoms with Crippen LogP contribution in [0.4, 0.5) is 0 Å². The predicted octanol–water partition coefficient (Wildman–Crippen LogP) is 1.25. The second kappa shape index (κ2) is 2.75. The van der Waals surface area contributed by atoms with Crippen LogP contribution in [0, 0.1) is 6.92 Å². The molecule has 0 aliphatic heterocycles. The van der Waals surface area contributed by atoms with Gasteiger partial charge in [0, 0.05) is 0 Å². The summed E-state index contributed by atoms with van der Waals surface area (Å²) in [5, 5.41) is 0.243. The summed E-state index contributed by atoms with van der Waals surface area (Å²) in [6.07, 6.45) is 2.04. The molecule has 0 saturated carbocycles. The largest absolute Gasteiger partial charge is 0.296 e. The Hall–Kier alpha value is -0.960. The summed E-state index contributed by atoms with van der Waals surface area (Å²) in [4.78, 5) is 17.8. The van der Waals surface area contributed by atoms with Gasteiger partial charge in [-0.1, -0.05) is 11.6 Å². The van der Waals surface area contributed by atoms with E-state index in [1.165, 1.54) is 6.20 Å². The van der Waals surface area contributed by atoms with E-state index in [0.717, 1.165) is 0 Å². The van der Waals surface area contributed by atoms with Crippen molar-refractivity contribution in [1.29, 1.82) is 0 Å². The highest BCUT2D eigenvalue weighted by atomic mass is 35.5. The number of carbonyl (C=O) groups is 1. The maximum Gasteiger partial charge on any atom is 0.170 e. The highest BCUT2D eigenvalue weighted by Gasteiger charge is 1.98. The number of carbonyl (C=O) groups excluding carboxylic acids is 1. The first-order chi connectivity index (χ1) is 4.74. The van der Waals surface area contributed by atoms with Crippen molar-refractivity contribution < 1.29 is 4.79 Å². The normalized spacial score (nSPS) is 9.40. The molecule has 1 heterocycles. The van der Waals surface area contributed by atoms with E-state index in [2.05, 4.69) is 9.97 Å². The molecule has 0 radical (unpaired) electrons. The van der Waals surface area contributed by atoms with Gasteiger partial charge in [-0.05, 0) is 6.92 Å². The highest BCUT2D eigenvalue weighted by Crippen LogP contribution is 2.04. The molecule has 4 heteroatoms. The number of aryl methyl sites for hydroxylation is 1. The molecule has 0 aromatic carbocycles. The van der Waals surface area contributed by atoms with Crippen molar-refractivity contribution in [3.8, 4) is 0 Å². The third-order valence-corrected chi connectivity index (χ3v) is 1.26. The molecule has 0 atom stereocenters. The summed E-state index contributed by atoms with van der Waals surface area (Å²) in [5.41, 5.74) is 0.895. The molecule has 0 amide bonds. The van der Waals surface area contributed by atoms with E-state index < -0.39 is 0 Å². The Labute approximate surface area is 63.1 Å². The van der Waals surface area contributed by atoms with E-state index in [-0.39, 0.29) is 5.15 Å². The first kappa shape index (κ1) is 7.15. The Morgan fingerprint density at radius 1 is 1.70 bits per heavy atom. The van der Waals surface area contributed by atoms with Crippen LogP contribution in [-0.4, -0.2) is 16.3 Å². The van der Waals surface area contributed by atoms with Gasteiger partial charge in [-0.15, -0.1) is 0 Å². The van der Waals surface area contributed by atoms with Crippen LogP contribution in [0.3, 0.4) is 0 Å². The molecule has 0 N–H and O–H groups in total. The van der Waals surface area contributed by atoms with Crippen LogP contribution >= 0.6 is 11.6 Å². The summed E-state index contributed by atoms with van der Waals surface area (Å²) >= 11 is 5.46. The van der Waals surface area contributed by atoms with Crippen LogP contribution in [0.25, 0.3) is 0 Å². The van der Waals surface area contributed by atoms with Crippen molar-refractivity contribution in [2.75, 3.05) is 0 Å². The SMILES string of the molecule is Cc1ncc(Cl)nc1C=O. The minimum absolute atomic E-state index is 0.243. The van der Waals surface area contributed by atoms with E-state index in [9.17, 15) is 4.79 Å². The molecule has 0 bridgehead atoms. The maximum absolute atomic E-state index is 10.2. The average molecular weight is 157 g/mol. The lowest BCUT2D eigenvalue weighted by atomic mass is 10.3. The first-order valence-electron chi connectivity index (χ1n) is 2.68. The van der Waals surface area contributed by atoms with Crippen LogP contribution in [0.2, 0.25) is 5.15 Å². The Morgan fingerprint density at radius 3 is 2.90 bits per heavy atom. The fourth-order valence-electron chi connectivity index (χ4n) is 0.553. The summed E-state index contributed by atoms with van der Waals surface area (Å²) in [7, 11) is 0. The number of halogens is 1. The predicted molar refractivity (Wildman–Crippen MR) is 37.2 cm³/mol. The van der Waals surface area contributed by atoms with Crippen LogP contribution in [-0.2, 0) is 0 Å². The lowest BCUT2D eigenvalue weighted by Crippen LogP contribution is -1.94. The molecule has 0 aliphatic rings. The monoisotopic (exact) mass is 156 g/mol. The number of nitrogens with zero attached hydrogens (tertiary/aromatic N) is 2. The highest BCUT2D eigenvalue weighted by molar-refractivity contribution is 6.29. The molecule has 1 aromatic rings. The number of hydrogen-bond acceptors (Lipinski definition) is 3. The molecule has 0 unspecified atom stereocenters. The van der Waals surface area contributed by atoms with Gasteiger partial charge in [0.15, 0.2) is 6.29 Å². The van der Waals surface area contributed by atoms with Crippen LogP contribution in [0.5, 0.6) is 0 Å². The number of aromatic nitrogens is 2. The molecular formula is C6H5ClN2O. The van der Waals surface area contributed by atoms with Crippen LogP contribution in [0.15, 0.2) is 6.20 Å². The molecular weight excluding hydrogens is 152 g/mol. The molecule has 0 saturated heterocycles. The Kier molecular flexibility index (Phi) is 1.97. The van der Waals surface area contributed by atoms with Crippen molar-refractivity contribution in [1.82, 2.24) is 9.97 Å². The van der Waals surface area contributed by atoms with Gasteiger partial charge in [-0.25, -0.2) is 4.98 Å². The van der Waals surface area contributed by atoms with Crippen molar-refractivity contribution in [2.45, 2.75) is 6.92 Å². The van der Waals surface area contributed by atoms with Gasteiger partial charge in [0.1, 0.15) is 10.8 Å². The van der Waals surface area contributed by atoms with Crippen LogP contribution < -0.4 is 0 Å². The smallest absolute Gasteiger partial charge is 0.170 e. The van der Waals surface area contributed by atoms with E-state index in [4.69, 9.17) is 11.6 Å². The molecule has 0 aliphatic carbocycles. The quantitative estimate of drug-likeness (QED) is 0.575. The van der Waals surface area contributed by atoms with Gasteiger partial charge in [0.05, 0.1) is 11.9 Å². The summed E-state index contributed by atoms with van der Waals surface area (Å²) < 4.78 is 0. The van der Waals surface area contributed by atoms with Gasteiger partial charge in [0.25, 0.3) is 0 Å². The van der Waals surface area contributed by atoms with Gasteiger partial charge in [-0.2, -0.15) is 0 Å². The maximum atomic E-state index is 10.2. The topological polar surface area (TPSA) is 42.9 Å².